The number of aliphatic hydroxyl groups excluding tert-OH is 1. The van der Waals surface area contributed by atoms with Crippen LogP contribution < -0.4 is 10.1 Å². The SMILES string of the molecule is COc1nsc(CNc2ccccc2CO)c1Cl. The first-order valence-electron chi connectivity index (χ1n) is 5.37. The van der Waals surface area contributed by atoms with E-state index in [0.29, 0.717) is 17.4 Å². The summed E-state index contributed by atoms with van der Waals surface area (Å²) in [5.41, 5.74) is 1.74. The van der Waals surface area contributed by atoms with E-state index in [0.717, 1.165) is 16.1 Å². The largest absolute Gasteiger partial charge is 0.479 e. The van der Waals surface area contributed by atoms with Crippen molar-refractivity contribution in [3.8, 4) is 5.88 Å². The molecular formula is C12H13ClN2O2S. The van der Waals surface area contributed by atoms with Gasteiger partial charge in [0.2, 0.25) is 5.88 Å². The minimum absolute atomic E-state index is 0.00289. The fourth-order valence-corrected chi connectivity index (χ4v) is 2.54. The average Bonchev–Trinajstić information content (AvgIpc) is 2.77. The summed E-state index contributed by atoms with van der Waals surface area (Å²) in [7, 11) is 1.54. The summed E-state index contributed by atoms with van der Waals surface area (Å²) in [6.07, 6.45) is 0. The summed E-state index contributed by atoms with van der Waals surface area (Å²) in [4.78, 5) is 0.904. The third-order valence-corrected chi connectivity index (χ3v) is 3.82. The van der Waals surface area contributed by atoms with Gasteiger partial charge in [-0.1, -0.05) is 29.8 Å². The number of ether oxygens (including phenoxy) is 1. The van der Waals surface area contributed by atoms with Crippen molar-refractivity contribution in [2.45, 2.75) is 13.2 Å². The standard InChI is InChI=1S/C12H13ClN2O2S/c1-17-12-11(13)10(18-15-12)6-14-9-5-3-2-4-8(9)7-16/h2-5,14,16H,6-7H2,1H3. The van der Waals surface area contributed by atoms with E-state index in [-0.39, 0.29) is 6.61 Å². The Kier molecular flexibility index (Phi) is 4.41. The Hall–Kier alpha value is -1.30. The molecule has 1 heterocycles. The lowest BCUT2D eigenvalue weighted by Gasteiger charge is -2.09. The summed E-state index contributed by atoms with van der Waals surface area (Å²) in [6, 6.07) is 7.59. The summed E-state index contributed by atoms with van der Waals surface area (Å²) in [6.45, 7) is 0.555. The van der Waals surface area contributed by atoms with Gasteiger partial charge in [0.1, 0.15) is 5.02 Å². The van der Waals surface area contributed by atoms with Gasteiger partial charge >= 0.3 is 0 Å². The van der Waals surface area contributed by atoms with Crippen molar-refractivity contribution in [3.05, 3.63) is 39.7 Å². The van der Waals surface area contributed by atoms with Crippen molar-refractivity contribution in [2.24, 2.45) is 0 Å². The molecule has 0 saturated carbocycles. The molecule has 6 heteroatoms. The van der Waals surface area contributed by atoms with Crippen molar-refractivity contribution in [1.82, 2.24) is 4.37 Å². The number of para-hydroxylation sites is 1. The molecule has 0 aliphatic carbocycles. The van der Waals surface area contributed by atoms with Gasteiger partial charge in [0.15, 0.2) is 0 Å². The maximum atomic E-state index is 9.22. The number of anilines is 1. The molecule has 0 atom stereocenters. The Bertz CT molecular complexity index is 531. The van der Waals surface area contributed by atoms with Crippen molar-refractivity contribution in [2.75, 3.05) is 12.4 Å². The highest BCUT2D eigenvalue weighted by atomic mass is 35.5. The Labute approximate surface area is 114 Å². The van der Waals surface area contributed by atoms with Gasteiger partial charge in [-0.15, -0.1) is 0 Å². The Morgan fingerprint density at radius 2 is 2.22 bits per heavy atom. The molecule has 0 fully saturated rings. The minimum atomic E-state index is 0.00289. The van der Waals surface area contributed by atoms with Crippen LogP contribution in [0.1, 0.15) is 10.4 Å². The number of aliphatic hydroxyl groups is 1. The zero-order valence-corrected chi connectivity index (χ0v) is 11.4. The van der Waals surface area contributed by atoms with Crippen molar-refractivity contribution >= 4 is 28.8 Å². The molecule has 1 aromatic heterocycles. The van der Waals surface area contributed by atoms with E-state index in [4.69, 9.17) is 16.3 Å². The molecule has 0 spiro atoms. The molecule has 0 bridgehead atoms. The smallest absolute Gasteiger partial charge is 0.244 e. The van der Waals surface area contributed by atoms with Crippen LogP contribution in [0, 0.1) is 0 Å². The predicted molar refractivity (Wildman–Crippen MR) is 73.4 cm³/mol. The lowest BCUT2D eigenvalue weighted by atomic mass is 10.2. The molecule has 2 rings (SSSR count). The van der Waals surface area contributed by atoms with Gasteiger partial charge in [-0.3, -0.25) is 0 Å². The molecule has 2 N–H and O–H groups in total. The number of methoxy groups -OCH3 is 1. The Balaban J connectivity index is 2.09. The van der Waals surface area contributed by atoms with Crippen LogP contribution in [0.25, 0.3) is 0 Å². The van der Waals surface area contributed by atoms with Crippen molar-refractivity contribution in [3.63, 3.8) is 0 Å². The van der Waals surface area contributed by atoms with E-state index in [2.05, 4.69) is 9.69 Å². The van der Waals surface area contributed by atoms with Gasteiger partial charge in [0, 0.05) is 11.3 Å². The number of halogens is 1. The van der Waals surface area contributed by atoms with Crippen LogP contribution in [0.4, 0.5) is 5.69 Å². The van der Waals surface area contributed by atoms with Gasteiger partial charge < -0.3 is 15.2 Å². The first-order chi connectivity index (χ1) is 8.76. The van der Waals surface area contributed by atoms with E-state index in [1.54, 1.807) is 7.11 Å². The topological polar surface area (TPSA) is 54.4 Å². The monoisotopic (exact) mass is 284 g/mol. The molecule has 1 aromatic carbocycles. The summed E-state index contributed by atoms with van der Waals surface area (Å²) in [5, 5.41) is 13.0. The molecule has 96 valence electrons. The third-order valence-electron chi connectivity index (χ3n) is 2.49. The minimum Gasteiger partial charge on any atom is -0.479 e. The molecule has 0 aliphatic heterocycles. The van der Waals surface area contributed by atoms with Crippen LogP contribution in [0.5, 0.6) is 5.88 Å². The van der Waals surface area contributed by atoms with Crippen LogP contribution >= 0.6 is 23.1 Å². The fraction of sp³-hybridized carbons (Fsp3) is 0.250. The number of hydrogen-bond donors (Lipinski definition) is 2. The van der Waals surface area contributed by atoms with Gasteiger partial charge in [-0.25, -0.2) is 0 Å². The molecule has 0 aliphatic rings. The molecule has 2 aromatic rings. The van der Waals surface area contributed by atoms with Crippen molar-refractivity contribution in [1.29, 1.82) is 0 Å². The maximum Gasteiger partial charge on any atom is 0.244 e. The molecular weight excluding hydrogens is 272 g/mol. The zero-order chi connectivity index (χ0) is 13.0. The van der Waals surface area contributed by atoms with E-state index in [9.17, 15) is 5.11 Å². The van der Waals surface area contributed by atoms with E-state index in [1.165, 1.54) is 11.5 Å². The highest BCUT2D eigenvalue weighted by molar-refractivity contribution is 7.06. The van der Waals surface area contributed by atoms with Crippen molar-refractivity contribution < 1.29 is 9.84 Å². The Morgan fingerprint density at radius 1 is 1.44 bits per heavy atom. The lowest BCUT2D eigenvalue weighted by molar-refractivity contribution is 0.282. The van der Waals surface area contributed by atoms with E-state index < -0.39 is 0 Å². The van der Waals surface area contributed by atoms with E-state index in [1.807, 2.05) is 24.3 Å². The molecule has 0 radical (unpaired) electrons. The number of hydrogen-bond acceptors (Lipinski definition) is 5. The van der Waals surface area contributed by atoms with Crippen LogP contribution in [0.3, 0.4) is 0 Å². The second-order valence-corrected chi connectivity index (χ2v) is 4.83. The van der Waals surface area contributed by atoms with Crippen LogP contribution in [0.2, 0.25) is 5.02 Å². The number of aromatic nitrogens is 1. The number of benzene rings is 1. The fourth-order valence-electron chi connectivity index (χ4n) is 1.54. The van der Waals surface area contributed by atoms with Gasteiger partial charge in [0.25, 0.3) is 0 Å². The summed E-state index contributed by atoms with van der Waals surface area (Å²) < 4.78 is 9.11. The summed E-state index contributed by atoms with van der Waals surface area (Å²) >= 11 is 7.40. The molecule has 4 nitrogen and oxygen atoms in total. The lowest BCUT2D eigenvalue weighted by Crippen LogP contribution is -2.01. The second kappa shape index (κ2) is 6.04. The number of nitrogens with zero attached hydrogens (tertiary/aromatic N) is 1. The number of nitrogens with one attached hydrogen (secondary N) is 1. The first-order valence-corrected chi connectivity index (χ1v) is 6.52. The van der Waals surface area contributed by atoms with Crippen LogP contribution in [-0.2, 0) is 13.2 Å². The second-order valence-electron chi connectivity index (χ2n) is 3.60. The first kappa shape index (κ1) is 13.1. The van der Waals surface area contributed by atoms with Crippen LogP contribution in [0.15, 0.2) is 24.3 Å². The van der Waals surface area contributed by atoms with Crippen LogP contribution in [-0.4, -0.2) is 16.6 Å². The average molecular weight is 285 g/mol. The summed E-state index contributed by atoms with van der Waals surface area (Å²) in [5.74, 6) is 0.453. The van der Waals surface area contributed by atoms with Gasteiger partial charge in [-0.05, 0) is 17.6 Å². The third kappa shape index (κ3) is 2.75. The predicted octanol–water partition coefficient (Wildman–Crippen LogP) is 2.91. The highest BCUT2D eigenvalue weighted by Crippen LogP contribution is 2.31. The van der Waals surface area contributed by atoms with Gasteiger partial charge in [0.05, 0.1) is 25.1 Å². The van der Waals surface area contributed by atoms with Gasteiger partial charge in [-0.2, -0.15) is 4.37 Å². The normalized spacial score (nSPS) is 10.4. The number of rotatable bonds is 5. The molecule has 0 unspecified atom stereocenters. The molecule has 18 heavy (non-hydrogen) atoms. The Morgan fingerprint density at radius 3 is 2.89 bits per heavy atom. The quantitative estimate of drug-likeness (QED) is 0.886. The van der Waals surface area contributed by atoms with E-state index >= 15 is 0 Å². The molecule has 0 amide bonds. The maximum absolute atomic E-state index is 9.22. The molecule has 0 saturated heterocycles. The highest BCUT2D eigenvalue weighted by Gasteiger charge is 2.12. The zero-order valence-electron chi connectivity index (χ0n) is 9.81.